The van der Waals surface area contributed by atoms with Crippen LogP contribution < -0.4 is 0 Å². The zero-order valence-corrected chi connectivity index (χ0v) is 12.1. The molecule has 2 aromatic carbocycles. The Hall–Kier alpha value is -1.10. The number of sulfone groups is 1. The van der Waals surface area contributed by atoms with E-state index in [-0.39, 0.29) is 17.1 Å². The summed E-state index contributed by atoms with van der Waals surface area (Å²) in [5.41, 5.74) is 0. The van der Waals surface area contributed by atoms with Gasteiger partial charge in [0.1, 0.15) is 0 Å². The highest BCUT2D eigenvalue weighted by molar-refractivity contribution is 7.91. The molecule has 0 amide bonds. The van der Waals surface area contributed by atoms with Crippen molar-refractivity contribution in [2.75, 3.05) is 5.75 Å². The lowest BCUT2D eigenvalue weighted by atomic mass is 10.1. The Labute approximate surface area is 121 Å². The van der Waals surface area contributed by atoms with Crippen LogP contribution in [0.2, 0.25) is 5.02 Å². The second kappa shape index (κ2) is 5.49. The maximum absolute atomic E-state index is 12.0. The van der Waals surface area contributed by atoms with Crippen molar-refractivity contribution in [3.63, 3.8) is 0 Å². The highest BCUT2D eigenvalue weighted by atomic mass is 35.5. The van der Waals surface area contributed by atoms with Gasteiger partial charge in [0.15, 0.2) is 9.84 Å². The third-order valence-corrected chi connectivity index (χ3v) is 4.84. The van der Waals surface area contributed by atoms with E-state index in [9.17, 15) is 13.2 Å². The van der Waals surface area contributed by atoms with Crippen LogP contribution in [0.3, 0.4) is 0 Å². The third-order valence-electron chi connectivity index (χ3n) is 2.70. The van der Waals surface area contributed by atoms with E-state index < -0.39 is 15.1 Å². The predicted octanol–water partition coefficient (Wildman–Crippen LogP) is 3.42. The molecule has 0 N–H and O–H groups in total. The van der Waals surface area contributed by atoms with Crippen molar-refractivity contribution in [3.05, 3.63) is 41.4 Å². The molecule has 0 aliphatic heterocycles. The van der Waals surface area contributed by atoms with Gasteiger partial charge in [0, 0.05) is 11.4 Å². The van der Waals surface area contributed by atoms with Crippen LogP contribution >= 0.6 is 23.2 Å². The Balaban J connectivity index is 2.40. The number of rotatable bonds is 4. The van der Waals surface area contributed by atoms with E-state index in [1.807, 2.05) is 0 Å². The third kappa shape index (κ3) is 3.47. The number of benzene rings is 2. The lowest BCUT2D eigenvalue weighted by Gasteiger charge is -2.05. The first kappa shape index (κ1) is 14.3. The van der Waals surface area contributed by atoms with E-state index in [2.05, 4.69) is 0 Å². The second-order valence-corrected chi connectivity index (χ2v) is 7.04. The summed E-state index contributed by atoms with van der Waals surface area (Å²) >= 11 is 11.0. The first-order valence-electron chi connectivity index (χ1n) is 5.49. The van der Waals surface area contributed by atoms with Crippen LogP contribution in [0.15, 0.2) is 41.3 Å². The zero-order chi connectivity index (χ0) is 14.0. The van der Waals surface area contributed by atoms with Crippen molar-refractivity contribution < 1.29 is 13.2 Å². The fraction of sp³-hybridized carbons (Fsp3) is 0.154. The molecular formula is C13H10Cl2O3S. The van der Waals surface area contributed by atoms with Crippen LogP contribution in [-0.2, 0) is 14.6 Å². The largest absolute Gasteiger partial charge is 0.281 e. The van der Waals surface area contributed by atoms with Crippen LogP contribution in [0.1, 0.15) is 6.42 Å². The van der Waals surface area contributed by atoms with Gasteiger partial charge in [-0.3, -0.25) is 4.79 Å². The Morgan fingerprint density at radius 1 is 1.05 bits per heavy atom. The van der Waals surface area contributed by atoms with E-state index >= 15 is 0 Å². The number of carbonyl (C=O) groups is 1. The van der Waals surface area contributed by atoms with E-state index in [0.717, 1.165) is 10.8 Å². The molecule has 2 rings (SSSR count). The van der Waals surface area contributed by atoms with Crippen LogP contribution in [0, 0.1) is 0 Å². The highest BCUT2D eigenvalue weighted by Crippen LogP contribution is 2.23. The fourth-order valence-corrected chi connectivity index (χ4v) is 3.38. The first-order valence-corrected chi connectivity index (χ1v) is 7.90. The molecule has 0 bridgehead atoms. The van der Waals surface area contributed by atoms with Gasteiger partial charge in [0.2, 0.25) is 5.24 Å². The maximum atomic E-state index is 12.0. The van der Waals surface area contributed by atoms with Gasteiger partial charge in [0.05, 0.1) is 10.6 Å². The average Bonchev–Trinajstić information content (AvgIpc) is 2.36. The Kier molecular flexibility index (Phi) is 4.13. The second-order valence-electron chi connectivity index (χ2n) is 4.08. The lowest BCUT2D eigenvalue weighted by Crippen LogP contribution is -2.09. The zero-order valence-electron chi connectivity index (χ0n) is 9.77. The molecule has 0 saturated heterocycles. The molecule has 0 atom stereocenters. The van der Waals surface area contributed by atoms with E-state index in [1.165, 1.54) is 6.07 Å². The van der Waals surface area contributed by atoms with Crippen LogP contribution in [-0.4, -0.2) is 19.4 Å². The Morgan fingerprint density at radius 2 is 1.68 bits per heavy atom. The molecule has 6 heteroatoms. The molecule has 0 spiro atoms. The molecule has 0 saturated carbocycles. The number of hydrogen-bond donors (Lipinski definition) is 0. The summed E-state index contributed by atoms with van der Waals surface area (Å²) in [5.74, 6) is -0.283. The summed E-state index contributed by atoms with van der Waals surface area (Å²) in [6, 6.07) is 9.98. The van der Waals surface area contributed by atoms with E-state index in [4.69, 9.17) is 23.2 Å². The number of fused-ring (bicyclic) bond motifs is 1. The van der Waals surface area contributed by atoms with Crippen molar-refractivity contribution in [1.29, 1.82) is 0 Å². The minimum atomic E-state index is -3.50. The molecule has 0 aromatic heterocycles. The number of halogens is 2. The molecule has 2 aromatic rings. The van der Waals surface area contributed by atoms with Gasteiger partial charge in [-0.1, -0.05) is 23.7 Å². The molecule has 0 aliphatic carbocycles. The summed E-state index contributed by atoms with van der Waals surface area (Å²) in [6.45, 7) is 0. The van der Waals surface area contributed by atoms with Gasteiger partial charge in [0.25, 0.3) is 0 Å². The van der Waals surface area contributed by atoms with E-state index in [1.54, 1.807) is 30.3 Å². The van der Waals surface area contributed by atoms with Crippen molar-refractivity contribution in [2.24, 2.45) is 0 Å². The summed E-state index contributed by atoms with van der Waals surface area (Å²) in [5, 5.41) is 1.58. The van der Waals surface area contributed by atoms with Crippen molar-refractivity contribution >= 4 is 49.1 Å². The molecule has 19 heavy (non-hydrogen) atoms. The van der Waals surface area contributed by atoms with Gasteiger partial charge in [-0.25, -0.2) is 8.42 Å². The smallest absolute Gasteiger partial charge is 0.222 e. The summed E-state index contributed by atoms with van der Waals surface area (Å²) < 4.78 is 24.0. The number of carbonyl (C=O) groups excluding carboxylic acids is 1. The minimum absolute atomic E-state index is 0.181. The molecule has 3 nitrogen and oxygen atoms in total. The minimum Gasteiger partial charge on any atom is -0.281 e. The Bertz CT molecular complexity index is 739. The van der Waals surface area contributed by atoms with Crippen LogP contribution in [0.5, 0.6) is 0 Å². The molecule has 0 aliphatic rings. The molecule has 0 fully saturated rings. The summed E-state index contributed by atoms with van der Waals surface area (Å²) in [6.07, 6.45) is -0.192. The van der Waals surface area contributed by atoms with Gasteiger partial charge in [-0.15, -0.1) is 0 Å². The highest BCUT2D eigenvalue weighted by Gasteiger charge is 2.16. The van der Waals surface area contributed by atoms with Gasteiger partial charge in [-0.05, 0) is 46.6 Å². The van der Waals surface area contributed by atoms with Crippen molar-refractivity contribution in [3.8, 4) is 0 Å². The molecular weight excluding hydrogens is 307 g/mol. The molecule has 0 heterocycles. The van der Waals surface area contributed by atoms with Crippen LogP contribution in [0.4, 0.5) is 0 Å². The summed E-state index contributed by atoms with van der Waals surface area (Å²) in [7, 11) is -3.50. The lowest BCUT2D eigenvalue weighted by molar-refractivity contribution is -0.111. The first-order chi connectivity index (χ1) is 8.88. The molecule has 0 radical (unpaired) electrons. The standard InChI is InChI=1S/C13H10Cl2O3S/c14-11-3-1-10-8-12(4-2-9(10)7-11)19(17,18)6-5-13(15)16/h1-4,7-8H,5-6H2. The normalized spacial score (nSPS) is 11.7. The van der Waals surface area contributed by atoms with Crippen molar-refractivity contribution in [1.82, 2.24) is 0 Å². The predicted molar refractivity (Wildman–Crippen MR) is 76.5 cm³/mol. The van der Waals surface area contributed by atoms with Gasteiger partial charge >= 0.3 is 0 Å². The SMILES string of the molecule is O=C(Cl)CCS(=O)(=O)c1ccc2cc(Cl)ccc2c1. The quantitative estimate of drug-likeness (QED) is 0.812. The monoisotopic (exact) mass is 316 g/mol. The van der Waals surface area contributed by atoms with E-state index in [0.29, 0.717) is 5.02 Å². The molecule has 0 unspecified atom stereocenters. The van der Waals surface area contributed by atoms with Crippen molar-refractivity contribution in [2.45, 2.75) is 11.3 Å². The average molecular weight is 317 g/mol. The summed E-state index contributed by atoms with van der Waals surface area (Å²) in [4.78, 5) is 10.8. The topological polar surface area (TPSA) is 51.2 Å². The fourth-order valence-electron chi connectivity index (χ4n) is 1.72. The number of hydrogen-bond acceptors (Lipinski definition) is 3. The maximum Gasteiger partial charge on any atom is 0.222 e. The van der Waals surface area contributed by atoms with Crippen LogP contribution in [0.25, 0.3) is 10.8 Å². The Morgan fingerprint density at radius 3 is 2.37 bits per heavy atom. The van der Waals surface area contributed by atoms with Gasteiger partial charge in [-0.2, -0.15) is 0 Å². The molecule has 100 valence electrons. The van der Waals surface area contributed by atoms with Gasteiger partial charge < -0.3 is 0 Å².